The summed E-state index contributed by atoms with van der Waals surface area (Å²) >= 11 is 1.91. The van der Waals surface area contributed by atoms with Crippen LogP contribution in [0, 0.1) is 27.7 Å². The van der Waals surface area contributed by atoms with E-state index < -0.39 is 0 Å². The van der Waals surface area contributed by atoms with Gasteiger partial charge in [-0.1, -0.05) is 20.8 Å². The van der Waals surface area contributed by atoms with Crippen molar-refractivity contribution >= 4 is 21.6 Å². The van der Waals surface area contributed by atoms with Gasteiger partial charge < -0.3 is 0 Å². The smallest absolute Gasteiger partial charge is 0.0997 e. The van der Waals surface area contributed by atoms with Gasteiger partial charge in [0, 0.05) is 5.41 Å². The number of thiazole rings is 1. The molecule has 0 spiro atoms. The predicted octanol–water partition coefficient (Wildman–Crippen LogP) is 5.61. The molecule has 0 amide bonds. The third-order valence-corrected chi connectivity index (χ3v) is 6.57. The predicted molar refractivity (Wildman–Crippen MR) is 86.5 cm³/mol. The molecule has 2 rings (SSSR count). The van der Waals surface area contributed by atoms with E-state index in [1.807, 2.05) is 11.3 Å². The monoisotopic (exact) mass is 275 g/mol. The first-order valence-electron chi connectivity index (χ1n) is 7.23. The zero-order valence-electron chi connectivity index (χ0n) is 13.3. The summed E-state index contributed by atoms with van der Waals surface area (Å²) in [4.78, 5) is 5.01. The van der Waals surface area contributed by atoms with Crippen molar-refractivity contribution in [2.75, 3.05) is 0 Å². The van der Waals surface area contributed by atoms with Gasteiger partial charge in [0.25, 0.3) is 0 Å². The highest BCUT2D eigenvalue weighted by atomic mass is 32.1. The number of nitrogens with zero attached hydrogens (tertiary/aromatic N) is 1. The Bertz CT molecular complexity index is 573. The molecule has 1 aromatic heterocycles. The molecular weight excluding hydrogens is 250 g/mol. The number of hydrogen-bond acceptors (Lipinski definition) is 2. The second kappa shape index (κ2) is 4.90. The standard InChI is InChI=1S/C17H25NS/c1-8-17(7,9-2)16-18-14-12(5)10(3)11(4)13(6)15(14)19-16/h8-9H2,1-7H3. The van der Waals surface area contributed by atoms with Gasteiger partial charge in [-0.05, 0) is 62.8 Å². The van der Waals surface area contributed by atoms with Crippen LogP contribution in [0.15, 0.2) is 0 Å². The van der Waals surface area contributed by atoms with Crippen molar-refractivity contribution in [3.8, 4) is 0 Å². The minimum Gasteiger partial charge on any atom is -0.240 e. The summed E-state index contributed by atoms with van der Waals surface area (Å²) in [6.45, 7) is 15.8. The highest BCUT2D eigenvalue weighted by Crippen LogP contribution is 2.40. The molecule has 0 saturated heterocycles. The molecule has 0 aliphatic heterocycles. The quantitative estimate of drug-likeness (QED) is 0.709. The lowest BCUT2D eigenvalue weighted by atomic mass is 9.85. The SMILES string of the molecule is CCC(C)(CC)c1nc2c(C)c(C)c(C)c(C)c2s1. The summed E-state index contributed by atoms with van der Waals surface area (Å²) in [6, 6.07) is 0. The first-order chi connectivity index (χ1) is 8.85. The molecule has 2 heteroatoms. The largest absolute Gasteiger partial charge is 0.240 e. The van der Waals surface area contributed by atoms with Crippen molar-refractivity contribution in [2.45, 2.75) is 66.7 Å². The molecule has 19 heavy (non-hydrogen) atoms. The highest BCUT2D eigenvalue weighted by Gasteiger charge is 2.27. The van der Waals surface area contributed by atoms with Crippen LogP contribution in [0.2, 0.25) is 0 Å². The summed E-state index contributed by atoms with van der Waals surface area (Å²) in [7, 11) is 0. The zero-order chi connectivity index (χ0) is 14.4. The van der Waals surface area contributed by atoms with Crippen LogP contribution in [-0.2, 0) is 5.41 Å². The number of aryl methyl sites for hydroxylation is 2. The lowest BCUT2D eigenvalue weighted by Gasteiger charge is -2.23. The second-order valence-electron chi connectivity index (χ2n) is 5.96. The molecule has 0 atom stereocenters. The van der Waals surface area contributed by atoms with Crippen molar-refractivity contribution in [3.63, 3.8) is 0 Å². The molecule has 0 radical (unpaired) electrons. The molecule has 0 bridgehead atoms. The summed E-state index contributed by atoms with van der Waals surface area (Å²) in [5.41, 5.74) is 7.05. The Morgan fingerprint density at radius 1 is 0.895 bits per heavy atom. The molecule has 0 unspecified atom stereocenters. The van der Waals surface area contributed by atoms with Gasteiger partial charge in [-0.3, -0.25) is 0 Å². The Kier molecular flexibility index (Phi) is 3.74. The minimum absolute atomic E-state index is 0.227. The summed E-state index contributed by atoms with van der Waals surface area (Å²) in [6.07, 6.45) is 2.30. The van der Waals surface area contributed by atoms with Crippen molar-refractivity contribution in [2.24, 2.45) is 0 Å². The molecule has 1 nitrogen and oxygen atoms in total. The van der Waals surface area contributed by atoms with Crippen molar-refractivity contribution in [1.29, 1.82) is 0 Å². The summed E-state index contributed by atoms with van der Waals surface area (Å²) in [5.74, 6) is 0. The second-order valence-corrected chi connectivity index (χ2v) is 6.96. The maximum absolute atomic E-state index is 5.01. The number of aromatic nitrogens is 1. The fourth-order valence-electron chi connectivity index (χ4n) is 2.55. The molecule has 0 saturated carbocycles. The molecule has 1 heterocycles. The average Bonchev–Trinajstić information content (AvgIpc) is 2.87. The number of hydrogen-bond donors (Lipinski definition) is 0. The van der Waals surface area contributed by atoms with Gasteiger partial charge in [0.05, 0.1) is 15.2 Å². The van der Waals surface area contributed by atoms with Gasteiger partial charge >= 0.3 is 0 Å². The molecule has 2 aromatic rings. The van der Waals surface area contributed by atoms with E-state index in [1.54, 1.807) is 0 Å². The molecule has 104 valence electrons. The third-order valence-electron chi connectivity index (χ3n) is 5.09. The van der Waals surface area contributed by atoms with Crippen molar-refractivity contribution < 1.29 is 0 Å². The topological polar surface area (TPSA) is 12.9 Å². The average molecular weight is 275 g/mol. The summed E-state index contributed by atoms with van der Waals surface area (Å²) < 4.78 is 1.39. The number of fused-ring (bicyclic) bond motifs is 1. The Morgan fingerprint density at radius 3 is 1.95 bits per heavy atom. The van der Waals surface area contributed by atoms with Crippen LogP contribution in [-0.4, -0.2) is 4.98 Å². The maximum Gasteiger partial charge on any atom is 0.0997 e. The first kappa shape index (κ1) is 14.5. The van der Waals surface area contributed by atoms with E-state index in [0.717, 1.165) is 12.8 Å². The lowest BCUT2D eigenvalue weighted by Crippen LogP contribution is -2.18. The Labute approximate surface area is 121 Å². The Morgan fingerprint density at radius 2 is 1.42 bits per heavy atom. The van der Waals surface area contributed by atoms with Gasteiger partial charge in [-0.2, -0.15) is 0 Å². The lowest BCUT2D eigenvalue weighted by molar-refractivity contribution is 0.437. The molecule has 0 aliphatic rings. The Hall–Kier alpha value is -0.890. The van der Waals surface area contributed by atoms with Crippen LogP contribution in [0.4, 0.5) is 0 Å². The molecular formula is C17H25NS. The van der Waals surface area contributed by atoms with E-state index in [1.165, 1.54) is 37.5 Å². The molecule has 1 aromatic carbocycles. The van der Waals surface area contributed by atoms with E-state index in [-0.39, 0.29) is 5.41 Å². The van der Waals surface area contributed by atoms with Crippen LogP contribution in [0.1, 0.15) is 60.9 Å². The highest BCUT2D eigenvalue weighted by molar-refractivity contribution is 7.19. The minimum atomic E-state index is 0.227. The van der Waals surface area contributed by atoms with Crippen LogP contribution in [0.25, 0.3) is 10.2 Å². The van der Waals surface area contributed by atoms with Gasteiger partial charge in [0.1, 0.15) is 0 Å². The Balaban J connectivity index is 2.78. The molecule has 0 aliphatic carbocycles. The van der Waals surface area contributed by atoms with Crippen LogP contribution < -0.4 is 0 Å². The van der Waals surface area contributed by atoms with Crippen LogP contribution in [0.5, 0.6) is 0 Å². The maximum atomic E-state index is 5.01. The van der Waals surface area contributed by atoms with Crippen molar-refractivity contribution in [1.82, 2.24) is 4.98 Å². The molecule has 0 N–H and O–H groups in total. The van der Waals surface area contributed by atoms with Crippen molar-refractivity contribution in [3.05, 3.63) is 27.3 Å². The normalized spacial score (nSPS) is 12.4. The van der Waals surface area contributed by atoms with E-state index >= 15 is 0 Å². The van der Waals surface area contributed by atoms with E-state index in [0.29, 0.717) is 0 Å². The fourth-order valence-corrected chi connectivity index (χ4v) is 4.02. The summed E-state index contributed by atoms with van der Waals surface area (Å²) in [5, 5.41) is 1.31. The van der Waals surface area contributed by atoms with E-state index in [2.05, 4.69) is 48.5 Å². The van der Waals surface area contributed by atoms with Crippen LogP contribution in [0.3, 0.4) is 0 Å². The number of rotatable bonds is 3. The van der Waals surface area contributed by atoms with E-state index in [4.69, 9.17) is 4.98 Å². The molecule has 0 fully saturated rings. The third kappa shape index (κ3) is 2.10. The first-order valence-corrected chi connectivity index (χ1v) is 8.04. The number of benzene rings is 1. The van der Waals surface area contributed by atoms with Gasteiger partial charge in [-0.25, -0.2) is 4.98 Å². The van der Waals surface area contributed by atoms with Gasteiger partial charge in [0.15, 0.2) is 0 Å². The zero-order valence-corrected chi connectivity index (χ0v) is 14.1. The van der Waals surface area contributed by atoms with E-state index in [9.17, 15) is 0 Å². The van der Waals surface area contributed by atoms with Crippen LogP contribution >= 0.6 is 11.3 Å². The van der Waals surface area contributed by atoms with Gasteiger partial charge in [0.2, 0.25) is 0 Å². The fraction of sp³-hybridized carbons (Fsp3) is 0.588. The van der Waals surface area contributed by atoms with Gasteiger partial charge in [-0.15, -0.1) is 11.3 Å².